The molecule has 2 heteroatoms. The molecule has 0 saturated carbocycles. The van der Waals surface area contributed by atoms with Gasteiger partial charge in [-0.05, 0) is 44.0 Å². The Hall–Kier alpha value is -1.72. The summed E-state index contributed by atoms with van der Waals surface area (Å²) in [4.78, 5) is 0. The Morgan fingerprint density at radius 2 is 2.11 bits per heavy atom. The molecule has 0 atom stereocenters. The summed E-state index contributed by atoms with van der Waals surface area (Å²) in [7, 11) is 0. The minimum Gasteiger partial charge on any atom is -0.336 e. The highest BCUT2D eigenvalue weighted by molar-refractivity contribution is 5.84. The minimum atomic E-state index is 0.647. The molecule has 0 amide bonds. The second kappa shape index (κ2) is 7.01. The van der Waals surface area contributed by atoms with Gasteiger partial charge in [0, 0.05) is 17.1 Å². The molecule has 1 aromatic carbocycles. The zero-order valence-corrected chi connectivity index (χ0v) is 11.7. The molecule has 0 saturated heterocycles. The Morgan fingerprint density at radius 1 is 1.26 bits per heavy atom. The second-order valence-corrected chi connectivity index (χ2v) is 4.86. The lowest BCUT2D eigenvalue weighted by Gasteiger charge is -2.02. The molecule has 0 aliphatic heterocycles. The van der Waals surface area contributed by atoms with E-state index in [1.54, 1.807) is 0 Å². The highest BCUT2D eigenvalue weighted by Gasteiger charge is 2.06. The van der Waals surface area contributed by atoms with Gasteiger partial charge < -0.3 is 9.88 Å². The predicted molar refractivity (Wildman–Crippen MR) is 82.3 cm³/mol. The van der Waals surface area contributed by atoms with Crippen LogP contribution in [0.3, 0.4) is 0 Å². The third-order valence-corrected chi connectivity index (χ3v) is 3.36. The zero-order chi connectivity index (χ0) is 13.5. The van der Waals surface area contributed by atoms with Crippen LogP contribution in [-0.4, -0.2) is 17.7 Å². The lowest BCUT2D eigenvalue weighted by molar-refractivity contribution is 0.640. The van der Waals surface area contributed by atoms with Crippen LogP contribution in [0.4, 0.5) is 0 Å². The fourth-order valence-electron chi connectivity index (χ4n) is 2.46. The van der Waals surface area contributed by atoms with E-state index in [1.807, 2.05) is 0 Å². The van der Waals surface area contributed by atoms with Crippen molar-refractivity contribution in [1.82, 2.24) is 9.88 Å². The van der Waals surface area contributed by atoms with Crippen molar-refractivity contribution in [1.29, 1.82) is 0 Å². The number of nitrogens with one attached hydrogen (secondary N) is 1. The number of nitrogens with zero attached hydrogens (tertiary/aromatic N) is 1. The fraction of sp³-hybridized carbons (Fsp3) is 0.412. The molecule has 0 fully saturated rings. The lowest BCUT2D eigenvalue weighted by Crippen LogP contribution is -2.16. The maximum Gasteiger partial charge on any atom is 0.0835 e. The number of benzene rings is 1. The molecule has 0 bridgehead atoms. The largest absolute Gasteiger partial charge is 0.336 e. The van der Waals surface area contributed by atoms with Crippen LogP contribution in [0.5, 0.6) is 0 Å². The van der Waals surface area contributed by atoms with Gasteiger partial charge in [0.2, 0.25) is 0 Å². The molecule has 2 rings (SSSR count). The number of fused-ring (bicyclic) bond motifs is 1. The van der Waals surface area contributed by atoms with Crippen LogP contribution in [0.2, 0.25) is 0 Å². The molecule has 100 valence electrons. The molecule has 0 radical (unpaired) electrons. The normalized spacial score (nSPS) is 10.7. The summed E-state index contributed by atoms with van der Waals surface area (Å²) >= 11 is 0. The minimum absolute atomic E-state index is 0.647. The molecule has 1 N–H and O–H groups in total. The highest BCUT2D eigenvalue weighted by Crippen LogP contribution is 2.22. The predicted octanol–water partition coefficient (Wildman–Crippen LogP) is 3.21. The summed E-state index contributed by atoms with van der Waals surface area (Å²) in [5.41, 5.74) is 2.65. The van der Waals surface area contributed by atoms with Gasteiger partial charge in [-0.3, -0.25) is 0 Å². The number of para-hydroxylation sites is 1. The number of terminal acetylenes is 1. The van der Waals surface area contributed by atoms with Crippen molar-refractivity contribution in [3.8, 4) is 12.3 Å². The summed E-state index contributed by atoms with van der Waals surface area (Å²) in [5.74, 6) is 2.72. The van der Waals surface area contributed by atoms with Gasteiger partial charge in [-0.1, -0.05) is 31.0 Å². The van der Waals surface area contributed by atoms with Crippen LogP contribution < -0.4 is 5.32 Å². The van der Waals surface area contributed by atoms with E-state index >= 15 is 0 Å². The van der Waals surface area contributed by atoms with Gasteiger partial charge in [0.25, 0.3) is 0 Å². The molecule has 0 aliphatic carbocycles. The Kier molecular flexibility index (Phi) is 5.06. The van der Waals surface area contributed by atoms with Gasteiger partial charge in [0.05, 0.1) is 6.54 Å². The smallest absolute Gasteiger partial charge is 0.0835 e. The second-order valence-electron chi connectivity index (χ2n) is 4.86. The van der Waals surface area contributed by atoms with Crippen molar-refractivity contribution in [3.63, 3.8) is 0 Å². The Labute approximate surface area is 115 Å². The van der Waals surface area contributed by atoms with Crippen molar-refractivity contribution >= 4 is 10.9 Å². The van der Waals surface area contributed by atoms with Gasteiger partial charge >= 0.3 is 0 Å². The quantitative estimate of drug-likeness (QED) is 0.593. The van der Waals surface area contributed by atoms with Crippen LogP contribution in [0.1, 0.15) is 25.3 Å². The number of aromatic nitrogens is 1. The van der Waals surface area contributed by atoms with Gasteiger partial charge in [-0.25, -0.2) is 0 Å². The van der Waals surface area contributed by atoms with E-state index in [2.05, 4.69) is 53.2 Å². The molecule has 1 heterocycles. The summed E-state index contributed by atoms with van der Waals surface area (Å²) < 4.78 is 2.17. The molecule has 0 spiro atoms. The van der Waals surface area contributed by atoms with Crippen LogP contribution in [0.25, 0.3) is 10.9 Å². The Bertz CT molecular complexity index is 560. The highest BCUT2D eigenvalue weighted by atomic mass is 14.9. The van der Waals surface area contributed by atoms with Gasteiger partial charge in [-0.15, -0.1) is 6.42 Å². The van der Waals surface area contributed by atoms with Crippen LogP contribution in [0.15, 0.2) is 30.5 Å². The van der Waals surface area contributed by atoms with Gasteiger partial charge in [0.1, 0.15) is 0 Å². The van der Waals surface area contributed by atoms with Crippen molar-refractivity contribution in [2.45, 2.75) is 32.7 Å². The fourth-order valence-corrected chi connectivity index (χ4v) is 2.46. The van der Waals surface area contributed by atoms with Gasteiger partial charge in [-0.2, -0.15) is 0 Å². The summed E-state index contributed by atoms with van der Waals surface area (Å²) in [6.07, 6.45) is 11.1. The first kappa shape index (κ1) is 13.7. The average molecular weight is 254 g/mol. The molecule has 1 aromatic heterocycles. The lowest BCUT2D eigenvalue weighted by atomic mass is 10.1. The number of rotatable bonds is 7. The molecule has 0 unspecified atom stereocenters. The molecule has 0 aliphatic rings. The summed E-state index contributed by atoms with van der Waals surface area (Å²) in [5, 5.41) is 4.79. The van der Waals surface area contributed by atoms with E-state index < -0.39 is 0 Å². The van der Waals surface area contributed by atoms with Crippen LogP contribution >= 0.6 is 0 Å². The first-order valence-electron chi connectivity index (χ1n) is 7.07. The van der Waals surface area contributed by atoms with Crippen LogP contribution in [-0.2, 0) is 13.0 Å². The Morgan fingerprint density at radius 3 is 2.89 bits per heavy atom. The van der Waals surface area contributed by atoms with E-state index in [0.29, 0.717) is 6.54 Å². The summed E-state index contributed by atoms with van der Waals surface area (Å²) in [6, 6.07) is 8.51. The molecule has 2 nitrogen and oxygen atoms in total. The maximum absolute atomic E-state index is 5.43. The first-order valence-corrected chi connectivity index (χ1v) is 7.07. The standard InChI is InChI=1S/C17H22N2/c1-3-11-18-12-7-8-15-14-19(13-4-2)17-10-6-5-9-16(15)17/h2,5-6,9-10,14,18H,3,7-8,11-13H2,1H3. The molecule has 19 heavy (non-hydrogen) atoms. The van der Waals surface area contributed by atoms with E-state index in [0.717, 1.165) is 19.5 Å². The average Bonchev–Trinajstić information content (AvgIpc) is 2.78. The SMILES string of the molecule is C#CCn1cc(CCCNCCC)c2ccccc21. The van der Waals surface area contributed by atoms with Gasteiger partial charge in [0.15, 0.2) is 0 Å². The molecule has 2 aromatic rings. The zero-order valence-electron chi connectivity index (χ0n) is 11.7. The van der Waals surface area contributed by atoms with Crippen molar-refractivity contribution in [2.24, 2.45) is 0 Å². The molecular weight excluding hydrogens is 232 g/mol. The number of hydrogen-bond acceptors (Lipinski definition) is 1. The van der Waals surface area contributed by atoms with Crippen molar-refractivity contribution < 1.29 is 0 Å². The van der Waals surface area contributed by atoms with E-state index in [-0.39, 0.29) is 0 Å². The maximum atomic E-state index is 5.43. The van der Waals surface area contributed by atoms with E-state index in [4.69, 9.17) is 6.42 Å². The molecular formula is C17H22N2. The van der Waals surface area contributed by atoms with Crippen molar-refractivity contribution in [2.75, 3.05) is 13.1 Å². The third-order valence-electron chi connectivity index (χ3n) is 3.36. The van der Waals surface area contributed by atoms with Crippen LogP contribution in [0, 0.1) is 12.3 Å². The monoisotopic (exact) mass is 254 g/mol. The Balaban J connectivity index is 2.08. The first-order chi connectivity index (χ1) is 9.36. The number of aryl methyl sites for hydroxylation is 1. The van der Waals surface area contributed by atoms with E-state index in [9.17, 15) is 0 Å². The van der Waals surface area contributed by atoms with Crippen molar-refractivity contribution in [3.05, 3.63) is 36.0 Å². The van der Waals surface area contributed by atoms with E-state index in [1.165, 1.54) is 29.3 Å². The third kappa shape index (κ3) is 3.39. The summed E-state index contributed by atoms with van der Waals surface area (Å²) in [6.45, 7) is 5.04. The number of hydrogen-bond donors (Lipinski definition) is 1. The topological polar surface area (TPSA) is 17.0 Å².